The first kappa shape index (κ1) is 27.5. The Kier molecular flexibility index (Phi) is 5.80. The van der Waals surface area contributed by atoms with Gasteiger partial charge in [-0.1, -0.05) is 84.9 Å². The second kappa shape index (κ2) is 10.5. The van der Waals surface area contributed by atoms with E-state index >= 15 is 0 Å². The van der Waals surface area contributed by atoms with Crippen molar-refractivity contribution in [2.24, 2.45) is 0 Å². The molecule has 0 atom stereocenters. The number of pyridine rings is 1. The highest BCUT2D eigenvalue weighted by molar-refractivity contribution is 7.26. The van der Waals surface area contributed by atoms with Crippen molar-refractivity contribution in [1.29, 1.82) is 0 Å². The molecule has 0 aliphatic rings. The van der Waals surface area contributed by atoms with Gasteiger partial charge in [0, 0.05) is 76.4 Å². The van der Waals surface area contributed by atoms with Gasteiger partial charge in [-0.25, -0.2) is 9.97 Å². The van der Waals surface area contributed by atoms with E-state index in [1.165, 1.54) is 69.4 Å². The van der Waals surface area contributed by atoms with Crippen LogP contribution in [0.3, 0.4) is 0 Å². The van der Waals surface area contributed by atoms with Gasteiger partial charge in [0.25, 0.3) is 0 Å². The molecule has 11 rings (SSSR count). The van der Waals surface area contributed by atoms with Crippen molar-refractivity contribution in [2.75, 3.05) is 0 Å². The third-order valence-electron chi connectivity index (χ3n) is 10.0. The summed E-state index contributed by atoms with van der Waals surface area (Å²) < 4.78 is 5.00. The summed E-state index contributed by atoms with van der Waals surface area (Å²) in [4.78, 5) is 14.5. The van der Waals surface area contributed by atoms with Crippen LogP contribution >= 0.6 is 11.3 Å². The number of rotatable bonds is 4. The average molecular weight is 655 g/mol. The van der Waals surface area contributed by atoms with E-state index in [0.717, 1.165) is 28.1 Å². The number of fused-ring (bicyclic) bond motifs is 9. The van der Waals surface area contributed by atoms with E-state index in [0.29, 0.717) is 5.82 Å². The number of nitrogens with zero attached hydrogens (tertiary/aromatic N) is 4. The summed E-state index contributed by atoms with van der Waals surface area (Å²) in [5, 5.41) is 7.59. The SMILES string of the molecule is c1ccc(-c2nc(-c3ccncc3)cc(-c3cc(-c4cc5c6ccccc6n6c7ccccc7c(c4)c56)c4sc5ccccc5c4c3)n2)cc1. The lowest BCUT2D eigenvalue weighted by Crippen LogP contribution is -1.96. The number of hydrogen-bond acceptors (Lipinski definition) is 4. The largest absolute Gasteiger partial charge is 0.308 e. The van der Waals surface area contributed by atoms with Gasteiger partial charge in [-0.2, -0.15) is 0 Å². The molecule has 232 valence electrons. The van der Waals surface area contributed by atoms with Crippen LogP contribution in [0, 0.1) is 0 Å². The van der Waals surface area contributed by atoms with Crippen molar-refractivity contribution in [3.8, 4) is 45.0 Å². The van der Waals surface area contributed by atoms with Crippen LogP contribution in [0.15, 0.2) is 158 Å². The van der Waals surface area contributed by atoms with Gasteiger partial charge in [-0.3, -0.25) is 4.98 Å². The molecule has 5 heterocycles. The van der Waals surface area contributed by atoms with Gasteiger partial charge < -0.3 is 4.40 Å². The van der Waals surface area contributed by atoms with Crippen molar-refractivity contribution in [1.82, 2.24) is 19.4 Å². The van der Waals surface area contributed by atoms with Crippen LogP contribution in [0.25, 0.3) is 103 Å². The first-order chi connectivity index (χ1) is 24.8. The Hall–Kier alpha value is -6.43. The highest BCUT2D eigenvalue weighted by atomic mass is 32.1. The number of thiophene rings is 1. The number of hydrogen-bond donors (Lipinski definition) is 0. The van der Waals surface area contributed by atoms with Crippen molar-refractivity contribution in [3.63, 3.8) is 0 Å². The molecule has 0 N–H and O–H groups in total. The van der Waals surface area contributed by atoms with Gasteiger partial charge in [0.05, 0.1) is 27.9 Å². The van der Waals surface area contributed by atoms with Crippen LogP contribution in [0.2, 0.25) is 0 Å². The van der Waals surface area contributed by atoms with E-state index < -0.39 is 0 Å². The summed E-state index contributed by atoms with van der Waals surface area (Å²) in [6, 6.07) is 52.2. The molecule has 4 nitrogen and oxygen atoms in total. The maximum atomic E-state index is 5.23. The molecule has 0 saturated carbocycles. The Morgan fingerprint density at radius 2 is 1.04 bits per heavy atom. The average Bonchev–Trinajstić information content (AvgIpc) is 3.85. The van der Waals surface area contributed by atoms with Gasteiger partial charge in [0.2, 0.25) is 0 Å². The molecule has 6 aromatic carbocycles. The van der Waals surface area contributed by atoms with Crippen LogP contribution < -0.4 is 0 Å². The maximum absolute atomic E-state index is 5.23. The van der Waals surface area contributed by atoms with Gasteiger partial charge in [0.1, 0.15) is 0 Å². The zero-order chi connectivity index (χ0) is 32.8. The lowest BCUT2D eigenvalue weighted by atomic mass is 9.95. The first-order valence-electron chi connectivity index (χ1n) is 16.8. The van der Waals surface area contributed by atoms with E-state index in [-0.39, 0.29) is 0 Å². The molecule has 0 aliphatic heterocycles. The molecule has 0 spiro atoms. The van der Waals surface area contributed by atoms with Crippen LogP contribution in [0.5, 0.6) is 0 Å². The molecule has 0 radical (unpaired) electrons. The summed E-state index contributed by atoms with van der Waals surface area (Å²) >= 11 is 1.87. The predicted octanol–water partition coefficient (Wildman–Crippen LogP) is 12.1. The van der Waals surface area contributed by atoms with E-state index in [1.54, 1.807) is 0 Å². The molecule has 0 fully saturated rings. The summed E-state index contributed by atoms with van der Waals surface area (Å²) in [6.07, 6.45) is 3.63. The third-order valence-corrected chi connectivity index (χ3v) is 11.2. The van der Waals surface area contributed by atoms with E-state index in [2.05, 4.69) is 125 Å². The van der Waals surface area contributed by atoms with E-state index in [9.17, 15) is 0 Å². The van der Waals surface area contributed by atoms with Crippen LogP contribution in [-0.4, -0.2) is 19.4 Å². The molecule has 0 unspecified atom stereocenters. The Balaban J connectivity index is 1.24. The molecule has 0 aliphatic carbocycles. The normalized spacial score (nSPS) is 12.0. The fourth-order valence-corrected chi connectivity index (χ4v) is 9.00. The van der Waals surface area contributed by atoms with Crippen molar-refractivity contribution in [3.05, 3.63) is 158 Å². The topological polar surface area (TPSA) is 43.1 Å². The minimum atomic E-state index is 0.700. The monoisotopic (exact) mass is 654 g/mol. The predicted molar refractivity (Wildman–Crippen MR) is 209 cm³/mol. The second-order valence-corrected chi connectivity index (χ2v) is 13.9. The minimum absolute atomic E-state index is 0.700. The smallest absolute Gasteiger partial charge is 0.160 e. The maximum Gasteiger partial charge on any atom is 0.160 e. The molecule has 0 saturated heterocycles. The number of para-hydroxylation sites is 2. The fraction of sp³-hybridized carbons (Fsp3) is 0. The number of benzene rings is 6. The van der Waals surface area contributed by atoms with Gasteiger partial charge in [-0.15, -0.1) is 11.3 Å². The Labute approximate surface area is 290 Å². The van der Waals surface area contributed by atoms with Gasteiger partial charge >= 0.3 is 0 Å². The molecular weight excluding hydrogens is 629 g/mol. The number of aromatic nitrogens is 4. The second-order valence-electron chi connectivity index (χ2n) is 12.9. The fourth-order valence-electron chi connectivity index (χ4n) is 7.78. The van der Waals surface area contributed by atoms with Crippen molar-refractivity contribution >= 4 is 69.6 Å². The summed E-state index contributed by atoms with van der Waals surface area (Å²) in [6.45, 7) is 0. The summed E-state index contributed by atoms with van der Waals surface area (Å²) in [5.41, 5.74) is 11.0. The van der Waals surface area contributed by atoms with Crippen LogP contribution in [-0.2, 0) is 0 Å². The van der Waals surface area contributed by atoms with Crippen molar-refractivity contribution in [2.45, 2.75) is 0 Å². The lowest BCUT2D eigenvalue weighted by Gasteiger charge is -2.12. The van der Waals surface area contributed by atoms with E-state index in [1.807, 2.05) is 54.1 Å². The Morgan fingerprint density at radius 3 is 1.76 bits per heavy atom. The zero-order valence-corrected chi connectivity index (χ0v) is 27.5. The molecule has 5 heteroatoms. The zero-order valence-electron chi connectivity index (χ0n) is 26.7. The highest BCUT2D eigenvalue weighted by Gasteiger charge is 2.21. The van der Waals surface area contributed by atoms with E-state index in [4.69, 9.17) is 9.97 Å². The summed E-state index contributed by atoms with van der Waals surface area (Å²) in [5.74, 6) is 0.700. The third kappa shape index (κ3) is 4.01. The molecule has 11 aromatic rings. The Bertz CT molecular complexity index is 2950. The van der Waals surface area contributed by atoms with Crippen LogP contribution in [0.4, 0.5) is 0 Å². The molecule has 50 heavy (non-hydrogen) atoms. The summed E-state index contributed by atoms with van der Waals surface area (Å²) in [7, 11) is 0. The highest BCUT2D eigenvalue weighted by Crippen LogP contribution is 2.46. The van der Waals surface area contributed by atoms with Gasteiger partial charge in [-0.05, 0) is 66.2 Å². The first-order valence-corrected chi connectivity index (χ1v) is 17.6. The molecule has 5 aromatic heterocycles. The Morgan fingerprint density at radius 1 is 0.440 bits per heavy atom. The molecule has 0 bridgehead atoms. The minimum Gasteiger partial charge on any atom is -0.308 e. The molecule has 0 amide bonds. The lowest BCUT2D eigenvalue weighted by molar-refractivity contribution is 1.18. The van der Waals surface area contributed by atoms with Crippen LogP contribution in [0.1, 0.15) is 0 Å². The standard InChI is InChI=1S/C45H26N4S/c1-2-10-28(11-3-1)45-47-38(27-18-20-46-21-19-27)26-39(48-45)30-24-34(44-37(25-30)33-14-6-9-17-42(33)50-44)29-22-35-31-12-4-7-15-40(31)49-41-16-8-5-13-32(41)36(23-29)43(35)49/h1-26H. The quantitative estimate of drug-likeness (QED) is 0.190. The van der Waals surface area contributed by atoms with Gasteiger partial charge in [0.15, 0.2) is 5.82 Å². The molecular formula is C45H26N4S. The van der Waals surface area contributed by atoms with Crippen molar-refractivity contribution < 1.29 is 0 Å².